The van der Waals surface area contributed by atoms with Gasteiger partial charge in [0.25, 0.3) is 0 Å². The van der Waals surface area contributed by atoms with Crippen molar-refractivity contribution in [1.82, 2.24) is 19.6 Å². The van der Waals surface area contributed by atoms with Crippen molar-refractivity contribution in [3.05, 3.63) is 56.3 Å². The van der Waals surface area contributed by atoms with Gasteiger partial charge in [0.2, 0.25) is 5.91 Å². The van der Waals surface area contributed by atoms with E-state index in [9.17, 15) is 14.9 Å². The molecule has 1 amide bonds. The number of carbonyl (C=O) groups is 1. The molecule has 0 atom stereocenters. The highest BCUT2D eigenvalue weighted by atomic mass is 35.5. The zero-order valence-corrected chi connectivity index (χ0v) is 15.4. The number of carbonyl (C=O) groups excluding carboxylic acids is 1. The molecule has 1 aliphatic rings. The van der Waals surface area contributed by atoms with Crippen LogP contribution in [0.25, 0.3) is 0 Å². The van der Waals surface area contributed by atoms with Crippen molar-refractivity contribution in [1.29, 1.82) is 0 Å². The van der Waals surface area contributed by atoms with Gasteiger partial charge in [-0.2, -0.15) is 5.10 Å². The molecule has 0 saturated carbocycles. The lowest BCUT2D eigenvalue weighted by atomic mass is 10.2. The van der Waals surface area contributed by atoms with Crippen LogP contribution in [0.3, 0.4) is 0 Å². The van der Waals surface area contributed by atoms with Gasteiger partial charge in [0, 0.05) is 42.8 Å². The number of nitrogens with zero attached hydrogens (tertiary/aromatic N) is 5. The molecular weight excluding hydrogens is 381 g/mol. The molecule has 10 heteroatoms. The number of piperazine rings is 1. The molecule has 0 spiro atoms. The average Bonchev–Trinajstić information content (AvgIpc) is 3.07. The maximum atomic E-state index is 12.3. The minimum atomic E-state index is -0.533. The first-order valence-corrected chi connectivity index (χ1v) is 8.79. The van der Waals surface area contributed by atoms with Crippen LogP contribution in [0.4, 0.5) is 5.69 Å². The predicted molar refractivity (Wildman–Crippen MR) is 97.2 cm³/mol. The smallest absolute Gasteiger partial charge is 0.307 e. The molecule has 2 heterocycles. The summed E-state index contributed by atoms with van der Waals surface area (Å²) in [5, 5.41) is 15.8. The number of amides is 1. The normalized spacial score (nSPS) is 15.2. The highest BCUT2D eigenvalue weighted by Crippen LogP contribution is 2.22. The molecule has 0 bridgehead atoms. The summed E-state index contributed by atoms with van der Waals surface area (Å²) in [6, 6.07) is 5.44. The second kappa shape index (κ2) is 8.03. The number of hydrogen-bond acceptors (Lipinski definition) is 5. The second-order valence-electron chi connectivity index (χ2n) is 6.05. The van der Waals surface area contributed by atoms with Crippen LogP contribution in [0, 0.1) is 10.1 Å². The molecule has 1 fully saturated rings. The van der Waals surface area contributed by atoms with Crippen molar-refractivity contribution in [3.8, 4) is 0 Å². The van der Waals surface area contributed by atoms with E-state index in [-0.39, 0.29) is 18.1 Å². The van der Waals surface area contributed by atoms with E-state index in [4.69, 9.17) is 23.2 Å². The van der Waals surface area contributed by atoms with Crippen LogP contribution in [0.15, 0.2) is 30.6 Å². The van der Waals surface area contributed by atoms with E-state index >= 15 is 0 Å². The predicted octanol–water partition coefficient (Wildman–Crippen LogP) is 2.44. The summed E-state index contributed by atoms with van der Waals surface area (Å²) >= 11 is 12.1. The lowest BCUT2D eigenvalue weighted by molar-refractivity contribution is -0.385. The van der Waals surface area contributed by atoms with Gasteiger partial charge in [0.05, 0.1) is 4.92 Å². The van der Waals surface area contributed by atoms with Gasteiger partial charge >= 0.3 is 5.69 Å². The van der Waals surface area contributed by atoms with Gasteiger partial charge < -0.3 is 4.90 Å². The van der Waals surface area contributed by atoms with Crippen molar-refractivity contribution >= 4 is 34.8 Å². The summed E-state index contributed by atoms with van der Waals surface area (Å²) in [5.74, 6) is -0.104. The molecule has 3 rings (SSSR count). The van der Waals surface area contributed by atoms with Gasteiger partial charge in [-0.15, -0.1) is 0 Å². The molecule has 0 N–H and O–H groups in total. The highest BCUT2D eigenvalue weighted by molar-refractivity contribution is 6.35. The minimum absolute atomic E-state index is 0.00312. The fraction of sp³-hybridized carbons (Fsp3) is 0.375. The van der Waals surface area contributed by atoms with Gasteiger partial charge in [-0.05, 0) is 17.7 Å². The van der Waals surface area contributed by atoms with Crippen LogP contribution < -0.4 is 0 Å². The number of aromatic nitrogens is 2. The third-order valence-corrected chi connectivity index (χ3v) is 4.85. The van der Waals surface area contributed by atoms with E-state index in [1.165, 1.54) is 10.9 Å². The zero-order chi connectivity index (χ0) is 18.7. The Hall–Kier alpha value is -2.16. The Morgan fingerprint density at radius 1 is 1.23 bits per heavy atom. The number of hydrogen-bond donors (Lipinski definition) is 0. The third-order valence-electron chi connectivity index (χ3n) is 4.26. The number of rotatable bonds is 5. The summed E-state index contributed by atoms with van der Waals surface area (Å²) in [4.78, 5) is 26.4. The standard InChI is InChI=1S/C16H17Cl2N5O3/c17-13-2-1-12(15(18)7-13)9-20-3-5-21(6-4-20)16(24)11-22-10-14(8-19-22)23(25)26/h1-2,7-8,10H,3-6,9,11H2. The Labute approximate surface area is 160 Å². The number of nitro groups is 1. The first-order valence-electron chi connectivity index (χ1n) is 8.03. The van der Waals surface area contributed by atoms with Gasteiger partial charge in [0.15, 0.2) is 0 Å². The van der Waals surface area contributed by atoms with E-state index in [0.29, 0.717) is 29.7 Å². The first-order chi connectivity index (χ1) is 12.4. The lowest BCUT2D eigenvalue weighted by Gasteiger charge is -2.34. The van der Waals surface area contributed by atoms with Gasteiger partial charge in [0.1, 0.15) is 18.9 Å². The summed E-state index contributed by atoms with van der Waals surface area (Å²) in [5.41, 5.74) is 0.877. The van der Waals surface area contributed by atoms with Crippen molar-refractivity contribution in [2.24, 2.45) is 0 Å². The maximum absolute atomic E-state index is 12.3. The van der Waals surface area contributed by atoms with Crippen molar-refractivity contribution in [2.75, 3.05) is 26.2 Å². The van der Waals surface area contributed by atoms with Crippen molar-refractivity contribution in [2.45, 2.75) is 13.1 Å². The molecule has 26 heavy (non-hydrogen) atoms. The summed E-state index contributed by atoms with van der Waals surface area (Å²) in [6.45, 7) is 3.33. The second-order valence-corrected chi connectivity index (χ2v) is 6.89. The quantitative estimate of drug-likeness (QED) is 0.571. The van der Waals surface area contributed by atoms with Crippen molar-refractivity contribution in [3.63, 3.8) is 0 Å². The molecule has 0 radical (unpaired) electrons. The largest absolute Gasteiger partial charge is 0.339 e. The number of halogens is 2. The third kappa shape index (κ3) is 4.51. The fourth-order valence-corrected chi connectivity index (χ4v) is 3.29. The van der Waals surface area contributed by atoms with E-state index in [0.717, 1.165) is 24.8 Å². The topological polar surface area (TPSA) is 84.5 Å². The monoisotopic (exact) mass is 397 g/mol. The fourth-order valence-electron chi connectivity index (χ4n) is 2.82. The summed E-state index contributed by atoms with van der Waals surface area (Å²) in [6.07, 6.45) is 2.40. The van der Waals surface area contributed by atoms with Crippen LogP contribution >= 0.6 is 23.2 Å². The van der Waals surface area contributed by atoms with E-state index < -0.39 is 4.92 Å². The van der Waals surface area contributed by atoms with Crippen LogP contribution in [0.1, 0.15) is 5.56 Å². The summed E-state index contributed by atoms with van der Waals surface area (Å²) < 4.78 is 1.29. The molecular formula is C16H17Cl2N5O3. The molecule has 1 aliphatic heterocycles. The van der Waals surface area contributed by atoms with Crippen LogP contribution in [0.2, 0.25) is 10.0 Å². The molecule has 2 aromatic rings. The number of benzene rings is 1. The van der Waals surface area contributed by atoms with E-state index in [2.05, 4.69) is 10.00 Å². The van der Waals surface area contributed by atoms with Gasteiger partial charge in [-0.3, -0.25) is 24.5 Å². The Bertz CT molecular complexity index is 818. The van der Waals surface area contributed by atoms with Gasteiger partial charge in [-0.25, -0.2) is 0 Å². The van der Waals surface area contributed by atoms with Crippen LogP contribution in [0.5, 0.6) is 0 Å². The highest BCUT2D eigenvalue weighted by Gasteiger charge is 2.22. The molecule has 1 aromatic carbocycles. The van der Waals surface area contributed by atoms with Gasteiger partial charge in [-0.1, -0.05) is 29.3 Å². The zero-order valence-electron chi connectivity index (χ0n) is 13.8. The molecule has 8 nitrogen and oxygen atoms in total. The summed E-state index contributed by atoms with van der Waals surface area (Å²) in [7, 11) is 0. The minimum Gasteiger partial charge on any atom is -0.339 e. The molecule has 0 unspecified atom stereocenters. The van der Waals surface area contributed by atoms with Crippen LogP contribution in [-0.4, -0.2) is 56.6 Å². The molecule has 0 aliphatic carbocycles. The Balaban J connectivity index is 1.51. The van der Waals surface area contributed by atoms with Crippen LogP contribution in [-0.2, 0) is 17.9 Å². The average molecular weight is 398 g/mol. The Morgan fingerprint density at radius 2 is 1.96 bits per heavy atom. The first kappa shape index (κ1) is 18.6. The van der Waals surface area contributed by atoms with E-state index in [1.54, 1.807) is 11.0 Å². The lowest BCUT2D eigenvalue weighted by Crippen LogP contribution is -2.49. The Morgan fingerprint density at radius 3 is 2.58 bits per heavy atom. The molecule has 138 valence electrons. The Kier molecular flexibility index (Phi) is 5.75. The van der Waals surface area contributed by atoms with E-state index in [1.807, 2.05) is 12.1 Å². The molecule has 1 saturated heterocycles. The molecule has 1 aromatic heterocycles. The SMILES string of the molecule is O=C(Cn1cc([N+](=O)[O-])cn1)N1CCN(Cc2ccc(Cl)cc2Cl)CC1. The van der Waals surface area contributed by atoms with Crippen molar-refractivity contribution < 1.29 is 9.72 Å². The maximum Gasteiger partial charge on any atom is 0.307 e.